The number of rotatable bonds is 1. The minimum atomic E-state index is -0.467. The van der Waals surface area contributed by atoms with Crippen LogP contribution in [-0.2, 0) is 4.74 Å². The average molecular weight is 454 g/mol. The third kappa shape index (κ3) is 4.58. The molecular formula is C25H33N4O2S+. The highest BCUT2D eigenvalue weighted by Gasteiger charge is 2.26. The minimum Gasteiger partial charge on any atom is -0.444 e. The molecule has 2 heterocycles. The van der Waals surface area contributed by atoms with Crippen LogP contribution in [0.5, 0.6) is 0 Å². The first-order chi connectivity index (χ1) is 15.0. The molecule has 2 aliphatic heterocycles. The number of hydrogen-bond acceptors (Lipinski definition) is 5. The normalized spacial score (nSPS) is 14.8. The molecule has 0 radical (unpaired) electrons. The summed E-state index contributed by atoms with van der Waals surface area (Å²) in [4.78, 5) is 22.8. The molecule has 1 aromatic rings. The predicted octanol–water partition coefficient (Wildman–Crippen LogP) is 4.11. The topological polar surface area (TPSA) is 48.7 Å². The Labute approximate surface area is 194 Å². The Morgan fingerprint density at radius 2 is 1.72 bits per heavy atom. The third-order valence-electron chi connectivity index (χ3n) is 5.76. The summed E-state index contributed by atoms with van der Waals surface area (Å²) in [5, 5.41) is 1.19. The number of anilines is 1. The maximum absolute atomic E-state index is 12.4. The molecule has 0 unspecified atom stereocenters. The van der Waals surface area contributed by atoms with E-state index < -0.39 is 5.60 Å². The van der Waals surface area contributed by atoms with E-state index in [4.69, 9.17) is 9.72 Å². The van der Waals surface area contributed by atoms with Crippen LogP contribution in [0.2, 0.25) is 0 Å². The van der Waals surface area contributed by atoms with Gasteiger partial charge in [0.25, 0.3) is 0 Å². The maximum Gasteiger partial charge on any atom is 0.410 e. The lowest BCUT2D eigenvalue weighted by Crippen LogP contribution is -2.50. The number of carbonyl (C=O) groups excluding carboxylic acids is 1. The molecule has 1 aromatic carbocycles. The first-order valence-electron chi connectivity index (χ1n) is 11.1. The lowest BCUT2D eigenvalue weighted by molar-refractivity contribution is 0.0240. The molecule has 1 aliphatic carbocycles. The van der Waals surface area contributed by atoms with Gasteiger partial charge in [0, 0.05) is 44.0 Å². The second-order valence-corrected chi connectivity index (χ2v) is 10.9. The Kier molecular flexibility index (Phi) is 5.88. The van der Waals surface area contributed by atoms with Gasteiger partial charge in [0.2, 0.25) is 5.36 Å². The molecule has 0 atom stereocenters. The highest BCUT2D eigenvalue weighted by atomic mass is 32.1. The van der Waals surface area contributed by atoms with E-state index in [9.17, 15) is 4.79 Å². The molecule has 170 valence electrons. The zero-order chi connectivity index (χ0) is 23.2. The molecule has 0 spiro atoms. The van der Waals surface area contributed by atoms with Crippen molar-refractivity contribution < 1.29 is 9.53 Å². The molecule has 0 aromatic heterocycles. The molecule has 7 heteroatoms. The summed E-state index contributed by atoms with van der Waals surface area (Å²) in [6.07, 6.45) is -0.225. The van der Waals surface area contributed by atoms with Crippen LogP contribution in [-0.4, -0.2) is 61.9 Å². The number of nitrogens with zero attached hydrogens (tertiary/aromatic N) is 4. The number of carbonyl (C=O) groups is 1. The van der Waals surface area contributed by atoms with E-state index in [1.54, 1.807) is 16.2 Å². The van der Waals surface area contributed by atoms with E-state index >= 15 is 0 Å². The lowest BCUT2D eigenvalue weighted by atomic mass is 10.1. The number of aromatic nitrogens is 1. The van der Waals surface area contributed by atoms with Crippen LogP contribution in [0.3, 0.4) is 0 Å². The Balaban J connectivity index is 1.64. The summed E-state index contributed by atoms with van der Waals surface area (Å²) in [5.41, 5.74) is 5.25. The number of hydrogen-bond donors (Lipinski definition) is 0. The second-order valence-electron chi connectivity index (χ2n) is 9.78. The van der Waals surface area contributed by atoms with Crippen LogP contribution in [0, 0.1) is 13.8 Å². The number of benzene rings is 2. The van der Waals surface area contributed by atoms with Crippen molar-refractivity contribution in [3.8, 4) is 10.6 Å². The van der Waals surface area contributed by atoms with Crippen molar-refractivity contribution in [3.63, 3.8) is 0 Å². The first-order valence-corrected chi connectivity index (χ1v) is 11.9. The van der Waals surface area contributed by atoms with Crippen molar-refractivity contribution in [1.82, 2.24) is 14.5 Å². The monoisotopic (exact) mass is 453 g/mol. The van der Waals surface area contributed by atoms with Crippen molar-refractivity contribution in [2.75, 3.05) is 45.2 Å². The van der Waals surface area contributed by atoms with Crippen molar-refractivity contribution in [3.05, 3.63) is 40.7 Å². The molecule has 6 nitrogen and oxygen atoms in total. The molecule has 1 fully saturated rings. The Bertz CT molecular complexity index is 1210. The van der Waals surface area contributed by atoms with Crippen LogP contribution >= 0.6 is 11.3 Å². The van der Waals surface area contributed by atoms with Gasteiger partial charge in [-0.2, -0.15) is 0 Å². The molecule has 0 saturated carbocycles. The molecule has 0 N–H and O–H groups in total. The summed E-state index contributed by atoms with van der Waals surface area (Å²) < 4.78 is 8.86. The Hall–Kier alpha value is -2.67. The van der Waals surface area contributed by atoms with Crippen LogP contribution in [0.15, 0.2) is 24.3 Å². The summed E-state index contributed by atoms with van der Waals surface area (Å²) in [5.74, 6) is 0. The number of amides is 1. The van der Waals surface area contributed by atoms with E-state index in [2.05, 4.69) is 61.7 Å². The van der Waals surface area contributed by atoms with E-state index in [0.717, 1.165) is 24.3 Å². The standard InChI is InChI=1S/C25H33N4O2S/c1-16-12-18(27(6)7)14-20-22(16)26-23-17(2)13-19(15-21(23)32-20)28-8-10-29(11-9-28)24(30)31-25(3,4)5/h12-15H,8-11H2,1-7H3/q+1. The van der Waals surface area contributed by atoms with Gasteiger partial charge in [-0.25, -0.2) is 14.4 Å². The fraction of sp³-hybridized carbons (Fsp3) is 0.480. The fourth-order valence-electron chi connectivity index (χ4n) is 4.04. The highest BCUT2D eigenvalue weighted by Crippen LogP contribution is 2.35. The molecule has 4 rings (SSSR count). The molecule has 1 saturated heterocycles. The maximum atomic E-state index is 12.4. The van der Waals surface area contributed by atoms with Gasteiger partial charge in [-0.1, -0.05) is 0 Å². The van der Waals surface area contributed by atoms with Gasteiger partial charge in [-0.3, -0.25) is 0 Å². The summed E-state index contributed by atoms with van der Waals surface area (Å²) in [6, 6.07) is 8.89. The van der Waals surface area contributed by atoms with Gasteiger partial charge in [-0.15, -0.1) is 11.3 Å². The summed E-state index contributed by atoms with van der Waals surface area (Å²) in [6.45, 7) is 12.9. The van der Waals surface area contributed by atoms with Gasteiger partial charge in [0.1, 0.15) is 19.7 Å². The lowest BCUT2D eigenvalue weighted by Gasteiger charge is -2.37. The predicted molar refractivity (Wildman–Crippen MR) is 133 cm³/mol. The number of fused-ring (bicyclic) bond motifs is 2. The van der Waals surface area contributed by atoms with E-state index in [1.165, 1.54) is 31.7 Å². The zero-order valence-electron chi connectivity index (χ0n) is 20.2. The van der Waals surface area contributed by atoms with Gasteiger partial charge in [-0.05, 0) is 57.9 Å². The highest BCUT2D eigenvalue weighted by molar-refractivity contribution is 7.21. The van der Waals surface area contributed by atoms with Gasteiger partial charge in [0.05, 0.1) is 20.8 Å². The van der Waals surface area contributed by atoms with Crippen molar-refractivity contribution in [2.24, 2.45) is 0 Å². The summed E-state index contributed by atoms with van der Waals surface area (Å²) in [7, 11) is 4.14. The van der Waals surface area contributed by atoms with E-state index in [0.29, 0.717) is 13.1 Å². The quantitative estimate of drug-likeness (QED) is 0.411. The van der Waals surface area contributed by atoms with E-state index in [1.807, 2.05) is 20.8 Å². The van der Waals surface area contributed by atoms with Crippen LogP contribution in [0.4, 0.5) is 10.5 Å². The number of aryl methyl sites for hydroxylation is 2. The minimum absolute atomic E-state index is 0.225. The van der Waals surface area contributed by atoms with Crippen LogP contribution in [0.25, 0.3) is 20.8 Å². The van der Waals surface area contributed by atoms with Crippen LogP contribution in [0.1, 0.15) is 31.9 Å². The smallest absolute Gasteiger partial charge is 0.410 e. The SMILES string of the molecule is Cc1cc(=[N+](C)C)cc2sc3cc(N4CCN(C(=O)OC(C)(C)C)CC4)cc(C)c3nc1-2. The average Bonchev–Trinajstić information content (AvgIpc) is 2.71. The Morgan fingerprint density at radius 3 is 2.34 bits per heavy atom. The Morgan fingerprint density at radius 1 is 1.03 bits per heavy atom. The number of ether oxygens (including phenoxy) is 1. The fourth-order valence-corrected chi connectivity index (χ4v) is 5.25. The van der Waals surface area contributed by atoms with Crippen molar-refractivity contribution in [1.29, 1.82) is 0 Å². The molecule has 1 amide bonds. The number of piperazine rings is 1. The largest absolute Gasteiger partial charge is 0.444 e. The molecular weight excluding hydrogens is 420 g/mol. The molecule has 3 aliphatic rings. The van der Waals surface area contributed by atoms with Gasteiger partial charge >= 0.3 is 6.09 Å². The van der Waals surface area contributed by atoms with Crippen LogP contribution < -0.4 is 14.8 Å². The third-order valence-corrected chi connectivity index (χ3v) is 6.82. The van der Waals surface area contributed by atoms with Gasteiger partial charge < -0.3 is 14.5 Å². The van der Waals surface area contributed by atoms with Crippen molar-refractivity contribution in [2.45, 2.75) is 40.2 Å². The van der Waals surface area contributed by atoms with Crippen molar-refractivity contribution >= 4 is 33.3 Å². The zero-order valence-corrected chi connectivity index (χ0v) is 21.0. The van der Waals surface area contributed by atoms with E-state index in [-0.39, 0.29) is 6.09 Å². The first kappa shape index (κ1) is 22.5. The second kappa shape index (κ2) is 8.35. The molecule has 0 bridgehead atoms. The molecule has 32 heavy (non-hydrogen) atoms. The summed E-state index contributed by atoms with van der Waals surface area (Å²) >= 11 is 1.80. The van der Waals surface area contributed by atoms with Gasteiger partial charge in [0.15, 0.2) is 0 Å².